The van der Waals surface area contributed by atoms with Crippen molar-refractivity contribution in [2.24, 2.45) is 10.8 Å². The fourth-order valence-electron chi connectivity index (χ4n) is 1.96. The van der Waals surface area contributed by atoms with Gasteiger partial charge in [-0.15, -0.1) is 0 Å². The predicted octanol–water partition coefficient (Wildman–Crippen LogP) is 3.20. The van der Waals surface area contributed by atoms with E-state index < -0.39 is 0 Å². The van der Waals surface area contributed by atoms with Gasteiger partial charge in [0.1, 0.15) is 0 Å². The molecule has 1 fully saturated rings. The number of rotatable bonds is 4. The van der Waals surface area contributed by atoms with Gasteiger partial charge in [-0.3, -0.25) is 0 Å². The van der Waals surface area contributed by atoms with E-state index in [2.05, 4.69) is 40.1 Å². The molecule has 1 rings (SSSR count). The second-order valence-corrected chi connectivity index (χ2v) is 6.09. The maximum Gasteiger partial charge on any atom is 0.0118 e. The monoisotopic (exact) mass is 183 g/mol. The lowest BCUT2D eigenvalue weighted by Gasteiger charge is -2.27. The van der Waals surface area contributed by atoms with Crippen molar-refractivity contribution < 1.29 is 0 Å². The van der Waals surface area contributed by atoms with Crippen molar-refractivity contribution in [2.75, 3.05) is 7.05 Å². The first kappa shape index (κ1) is 11.0. The first-order valence-corrected chi connectivity index (χ1v) is 5.55. The largest absolute Gasteiger partial charge is 0.316 e. The van der Waals surface area contributed by atoms with Gasteiger partial charge in [0.15, 0.2) is 0 Å². The fourth-order valence-corrected chi connectivity index (χ4v) is 1.96. The summed E-state index contributed by atoms with van der Waals surface area (Å²) in [6.07, 6.45) is 5.50. The van der Waals surface area contributed by atoms with Crippen LogP contribution in [0.25, 0.3) is 0 Å². The maximum atomic E-state index is 3.48. The molecular formula is C12H25N. The van der Waals surface area contributed by atoms with Crippen molar-refractivity contribution in [1.29, 1.82) is 0 Å². The summed E-state index contributed by atoms with van der Waals surface area (Å²) in [4.78, 5) is 0. The van der Waals surface area contributed by atoms with Gasteiger partial charge in [0.25, 0.3) is 0 Å². The van der Waals surface area contributed by atoms with Crippen LogP contribution in [0, 0.1) is 10.8 Å². The lowest BCUT2D eigenvalue weighted by Crippen LogP contribution is -2.34. The van der Waals surface area contributed by atoms with E-state index in [4.69, 9.17) is 0 Å². The minimum atomic E-state index is 0.486. The van der Waals surface area contributed by atoms with Gasteiger partial charge < -0.3 is 5.32 Å². The van der Waals surface area contributed by atoms with Gasteiger partial charge >= 0.3 is 0 Å². The van der Waals surface area contributed by atoms with Gasteiger partial charge in [-0.25, -0.2) is 0 Å². The predicted molar refractivity (Wildman–Crippen MR) is 58.9 cm³/mol. The summed E-state index contributed by atoms with van der Waals surface area (Å²) in [6, 6.07) is 0.742. The van der Waals surface area contributed by atoms with Crippen LogP contribution in [0.5, 0.6) is 0 Å². The zero-order valence-corrected chi connectivity index (χ0v) is 9.91. The minimum Gasteiger partial charge on any atom is -0.316 e. The molecule has 1 aliphatic carbocycles. The molecule has 1 nitrogen and oxygen atoms in total. The standard InChI is InChI=1S/C12H25N/c1-11(2,3)7-6-10(13-5)12(4)8-9-12/h10,13H,6-9H2,1-5H3. The van der Waals surface area contributed by atoms with Crippen molar-refractivity contribution in [3.63, 3.8) is 0 Å². The summed E-state index contributed by atoms with van der Waals surface area (Å²) < 4.78 is 0. The Balaban J connectivity index is 2.33. The highest BCUT2D eigenvalue weighted by molar-refractivity contribution is 4.98. The Hall–Kier alpha value is -0.0400. The van der Waals surface area contributed by atoms with Crippen molar-refractivity contribution in [3.05, 3.63) is 0 Å². The summed E-state index contributed by atoms with van der Waals surface area (Å²) in [6.45, 7) is 9.40. The lowest BCUT2D eigenvalue weighted by molar-refractivity contribution is 0.285. The normalized spacial score (nSPS) is 22.8. The van der Waals surface area contributed by atoms with Gasteiger partial charge in [0.2, 0.25) is 0 Å². The molecule has 0 heterocycles. The van der Waals surface area contributed by atoms with Crippen LogP contribution in [-0.2, 0) is 0 Å². The van der Waals surface area contributed by atoms with Gasteiger partial charge in [0.05, 0.1) is 0 Å². The molecule has 13 heavy (non-hydrogen) atoms. The Bertz CT molecular complexity index is 162. The smallest absolute Gasteiger partial charge is 0.0118 e. The molecule has 0 aromatic rings. The van der Waals surface area contributed by atoms with Crippen molar-refractivity contribution in [3.8, 4) is 0 Å². The third kappa shape index (κ3) is 3.30. The zero-order chi connectivity index (χ0) is 10.1. The van der Waals surface area contributed by atoms with Gasteiger partial charge in [-0.05, 0) is 43.6 Å². The van der Waals surface area contributed by atoms with Crippen molar-refractivity contribution >= 4 is 0 Å². The molecule has 0 aliphatic heterocycles. The number of nitrogens with one attached hydrogen (secondary N) is 1. The summed E-state index contributed by atoms with van der Waals surface area (Å²) in [7, 11) is 2.11. The Kier molecular flexibility index (Phi) is 3.06. The third-order valence-corrected chi connectivity index (χ3v) is 3.41. The van der Waals surface area contributed by atoms with Crippen LogP contribution in [0.3, 0.4) is 0 Å². The molecule has 0 amide bonds. The second-order valence-electron chi connectivity index (χ2n) is 6.09. The van der Waals surface area contributed by atoms with Gasteiger partial charge in [-0.2, -0.15) is 0 Å². The molecular weight excluding hydrogens is 158 g/mol. The molecule has 0 aromatic heterocycles. The number of hydrogen-bond acceptors (Lipinski definition) is 1. The third-order valence-electron chi connectivity index (χ3n) is 3.41. The highest BCUT2D eigenvalue weighted by atomic mass is 14.9. The molecule has 78 valence electrons. The van der Waals surface area contributed by atoms with Crippen LogP contribution in [0.2, 0.25) is 0 Å². The van der Waals surface area contributed by atoms with E-state index in [0.717, 1.165) is 6.04 Å². The zero-order valence-electron chi connectivity index (χ0n) is 9.91. The molecule has 0 spiro atoms. The van der Waals surface area contributed by atoms with Crippen LogP contribution in [0.4, 0.5) is 0 Å². The van der Waals surface area contributed by atoms with Crippen LogP contribution in [-0.4, -0.2) is 13.1 Å². The number of hydrogen-bond donors (Lipinski definition) is 1. The first-order chi connectivity index (χ1) is 5.87. The summed E-state index contributed by atoms with van der Waals surface area (Å²) in [5, 5.41) is 3.48. The van der Waals surface area contributed by atoms with Gasteiger partial charge in [-0.1, -0.05) is 27.7 Å². The van der Waals surface area contributed by atoms with E-state index in [1.54, 1.807) is 0 Å². The Morgan fingerprint density at radius 2 is 1.85 bits per heavy atom. The molecule has 0 saturated heterocycles. The van der Waals surface area contributed by atoms with Crippen molar-refractivity contribution in [2.45, 2.75) is 59.4 Å². The van der Waals surface area contributed by atoms with E-state index in [1.807, 2.05) is 0 Å². The molecule has 1 atom stereocenters. The molecule has 1 N–H and O–H groups in total. The highest BCUT2D eigenvalue weighted by Gasteiger charge is 2.43. The Morgan fingerprint density at radius 3 is 2.15 bits per heavy atom. The van der Waals surface area contributed by atoms with E-state index in [1.165, 1.54) is 25.7 Å². The highest BCUT2D eigenvalue weighted by Crippen LogP contribution is 2.49. The molecule has 1 aliphatic rings. The SMILES string of the molecule is CNC(CCC(C)(C)C)C1(C)CC1. The molecule has 0 radical (unpaired) electrons. The first-order valence-electron chi connectivity index (χ1n) is 5.55. The summed E-state index contributed by atoms with van der Waals surface area (Å²) in [5.41, 5.74) is 1.11. The van der Waals surface area contributed by atoms with E-state index >= 15 is 0 Å². The van der Waals surface area contributed by atoms with E-state index in [9.17, 15) is 0 Å². The molecule has 1 saturated carbocycles. The van der Waals surface area contributed by atoms with Crippen LogP contribution in [0.15, 0.2) is 0 Å². The van der Waals surface area contributed by atoms with E-state index in [-0.39, 0.29) is 0 Å². The quantitative estimate of drug-likeness (QED) is 0.706. The Morgan fingerprint density at radius 1 is 1.31 bits per heavy atom. The molecule has 1 heteroatoms. The topological polar surface area (TPSA) is 12.0 Å². The van der Waals surface area contributed by atoms with Crippen LogP contribution >= 0.6 is 0 Å². The summed E-state index contributed by atoms with van der Waals surface area (Å²) in [5.74, 6) is 0. The molecule has 0 bridgehead atoms. The average Bonchev–Trinajstić information content (AvgIpc) is 2.67. The Labute approximate surface area is 83.3 Å². The minimum absolute atomic E-state index is 0.486. The van der Waals surface area contributed by atoms with Crippen LogP contribution < -0.4 is 5.32 Å². The van der Waals surface area contributed by atoms with Gasteiger partial charge in [0, 0.05) is 6.04 Å². The molecule has 0 aromatic carbocycles. The second kappa shape index (κ2) is 3.61. The molecule has 1 unspecified atom stereocenters. The van der Waals surface area contributed by atoms with E-state index in [0.29, 0.717) is 10.8 Å². The van der Waals surface area contributed by atoms with Crippen LogP contribution in [0.1, 0.15) is 53.4 Å². The lowest BCUT2D eigenvalue weighted by atomic mass is 9.85. The van der Waals surface area contributed by atoms with Crippen molar-refractivity contribution in [1.82, 2.24) is 5.32 Å². The average molecular weight is 183 g/mol. The summed E-state index contributed by atoms with van der Waals surface area (Å²) >= 11 is 0. The maximum absolute atomic E-state index is 3.48. The fraction of sp³-hybridized carbons (Fsp3) is 1.00.